The number of fused-ring (bicyclic) bond motifs is 1. The van der Waals surface area contributed by atoms with E-state index < -0.39 is 6.10 Å². The molecule has 1 aliphatic rings. The Kier molecular flexibility index (Phi) is 7.40. The van der Waals surface area contributed by atoms with Gasteiger partial charge in [-0.25, -0.2) is 0 Å². The van der Waals surface area contributed by atoms with Crippen molar-refractivity contribution in [1.29, 1.82) is 0 Å². The molecule has 4 rings (SSSR count). The molecule has 0 aromatic heterocycles. The van der Waals surface area contributed by atoms with Gasteiger partial charge in [-0.05, 0) is 84.8 Å². The minimum Gasteiger partial charge on any atom is -0.508 e. The first-order chi connectivity index (χ1) is 16.4. The summed E-state index contributed by atoms with van der Waals surface area (Å²) in [5, 5.41) is 19.9. The Morgan fingerprint density at radius 2 is 1.53 bits per heavy atom. The van der Waals surface area contributed by atoms with Gasteiger partial charge in [0.15, 0.2) is 11.5 Å². The summed E-state index contributed by atoms with van der Waals surface area (Å²) in [6.45, 7) is 3.14. The molecule has 0 radical (unpaired) electrons. The zero-order valence-corrected chi connectivity index (χ0v) is 19.8. The third kappa shape index (κ3) is 5.53. The molecule has 1 unspecified atom stereocenters. The van der Waals surface area contributed by atoms with Crippen LogP contribution in [0.5, 0.6) is 23.0 Å². The smallest absolute Gasteiger partial charge is 0.231 e. The highest BCUT2D eigenvalue weighted by Gasteiger charge is 2.18. The lowest BCUT2D eigenvalue weighted by Gasteiger charge is -2.18. The minimum atomic E-state index is -0.556. The Balaban J connectivity index is 1.70. The summed E-state index contributed by atoms with van der Waals surface area (Å²) in [5.74, 6) is 2.42. The molecule has 0 spiro atoms. The summed E-state index contributed by atoms with van der Waals surface area (Å²) < 4.78 is 16.9. The molecule has 2 N–H and O–H groups in total. The Hall–Kier alpha value is -3.48. The molecule has 1 aliphatic heterocycles. The van der Waals surface area contributed by atoms with Crippen LogP contribution in [0.1, 0.15) is 30.0 Å². The Morgan fingerprint density at radius 3 is 2.18 bits per heavy atom. The van der Waals surface area contributed by atoms with Crippen LogP contribution in [0.15, 0.2) is 66.7 Å². The van der Waals surface area contributed by atoms with E-state index in [0.29, 0.717) is 12.3 Å². The molecule has 34 heavy (non-hydrogen) atoms. The van der Waals surface area contributed by atoms with Crippen LogP contribution in [0.3, 0.4) is 0 Å². The maximum atomic E-state index is 10.1. The van der Waals surface area contributed by atoms with Gasteiger partial charge in [0, 0.05) is 6.54 Å². The largest absolute Gasteiger partial charge is 0.508 e. The van der Waals surface area contributed by atoms with E-state index in [-0.39, 0.29) is 19.1 Å². The van der Waals surface area contributed by atoms with Crippen LogP contribution in [0.25, 0.3) is 11.1 Å². The SMILES string of the molecule is CCC(=C(c1ccc(O)cc1)c1ccc(OCC(O)CN(C)C)cc1)c1ccc2c(c1)OCO2. The number of phenols is 1. The fourth-order valence-electron chi connectivity index (χ4n) is 4.14. The van der Waals surface area contributed by atoms with Gasteiger partial charge in [0.05, 0.1) is 0 Å². The first-order valence-corrected chi connectivity index (χ1v) is 11.4. The number of benzene rings is 3. The van der Waals surface area contributed by atoms with Gasteiger partial charge in [-0.3, -0.25) is 0 Å². The predicted molar refractivity (Wildman–Crippen MR) is 133 cm³/mol. The molecule has 0 saturated carbocycles. The van der Waals surface area contributed by atoms with Crippen LogP contribution >= 0.6 is 0 Å². The van der Waals surface area contributed by atoms with Crippen molar-refractivity contribution in [3.63, 3.8) is 0 Å². The number of nitrogens with zero attached hydrogens (tertiary/aromatic N) is 1. The van der Waals surface area contributed by atoms with Gasteiger partial charge >= 0.3 is 0 Å². The molecule has 3 aromatic rings. The lowest BCUT2D eigenvalue weighted by Crippen LogP contribution is -2.30. The summed E-state index contributed by atoms with van der Waals surface area (Å²) >= 11 is 0. The first kappa shape index (κ1) is 23.7. The van der Waals surface area contributed by atoms with Crippen molar-refractivity contribution >= 4 is 11.1 Å². The number of likely N-dealkylation sites (N-methyl/N-ethyl adjacent to an activating group) is 1. The fourth-order valence-corrected chi connectivity index (χ4v) is 4.14. The second-order valence-electron chi connectivity index (χ2n) is 8.57. The van der Waals surface area contributed by atoms with E-state index in [1.165, 1.54) is 0 Å². The molecule has 6 nitrogen and oxygen atoms in total. The summed E-state index contributed by atoms with van der Waals surface area (Å²) in [7, 11) is 3.83. The van der Waals surface area contributed by atoms with E-state index in [0.717, 1.165) is 45.8 Å². The van der Waals surface area contributed by atoms with E-state index in [2.05, 4.69) is 13.0 Å². The predicted octanol–water partition coefficient (Wildman–Crippen LogP) is 4.79. The minimum absolute atomic E-state index is 0.226. The number of aromatic hydroxyl groups is 1. The molecular formula is C28H31NO5. The maximum Gasteiger partial charge on any atom is 0.231 e. The van der Waals surface area contributed by atoms with Crippen molar-refractivity contribution in [1.82, 2.24) is 4.90 Å². The van der Waals surface area contributed by atoms with Crippen molar-refractivity contribution in [2.24, 2.45) is 0 Å². The van der Waals surface area contributed by atoms with Crippen molar-refractivity contribution in [3.05, 3.63) is 83.4 Å². The van der Waals surface area contributed by atoms with E-state index >= 15 is 0 Å². The number of hydrogen-bond donors (Lipinski definition) is 2. The Labute approximate surface area is 200 Å². The van der Waals surface area contributed by atoms with Gasteiger partial charge in [-0.1, -0.05) is 37.3 Å². The van der Waals surface area contributed by atoms with Gasteiger partial charge in [0.1, 0.15) is 24.2 Å². The highest BCUT2D eigenvalue weighted by Crippen LogP contribution is 2.40. The van der Waals surface area contributed by atoms with Crippen LogP contribution in [-0.2, 0) is 0 Å². The van der Waals surface area contributed by atoms with Gasteiger partial charge in [0.25, 0.3) is 0 Å². The molecule has 0 saturated heterocycles. The molecule has 0 bridgehead atoms. The second-order valence-corrected chi connectivity index (χ2v) is 8.57. The van der Waals surface area contributed by atoms with E-state index in [4.69, 9.17) is 14.2 Å². The quantitative estimate of drug-likeness (QED) is 0.447. The molecule has 0 aliphatic carbocycles. The monoisotopic (exact) mass is 461 g/mol. The van der Waals surface area contributed by atoms with E-state index in [9.17, 15) is 10.2 Å². The number of aliphatic hydroxyl groups excluding tert-OH is 1. The van der Waals surface area contributed by atoms with Crippen molar-refractivity contribution in [3.8, 4) is 23.0 Å². The summed E-state index contributed by atoms with van der Waals surface area (Å²) in [4.78, 5) is 1.92. The number of ether oxygens (including phenoxy) is 3. The van der Waals surface area contributed by atoms with Gasteiger partial charge in [-0.2, -0.15) is 0 Å². The average Bonchev–Trinajstić information content (AvgIpc) is 3.30. The fraction of sp³-hybridized carbons (Fsp3) is 0.286. The number of rotatable bonds is 9. The normalized spacial score (nSPS) is 14.1. The third-order valence-corrected chi connectivity index (χ3v) is 5.69. The summed E-state index contributed by atoms with van der Waals surface area (Å²) in [5.41, 5.74) is 5.31. The highest BCUT2D eigenvalue weighted by atomic mass is 16.7. The molecule has 0 amide bonds. The third-order valence-electron chi connectivity index (χ3n) is 5.69. The van der Waals surface area contributed by atoms with E-state index in [1.54, 1.807) is 12.1 Å². The molecule has 0 fully saturated rings. The van der Waals surface area contributed by atoms with Crippen LogP contribution in [0, 0.1) is 0 Å². The van der Waals surface area contributed by atoms with Crippen LogP contribution in [0.2, 0.25) is 0 Å². The lowest BCUT2D eigenvalue weighted by atomic mass is 9.88. The number of hydrogen-bond acceptors (Lipinski definition) is 6. The summed E-state index contributed by atoms with van der Waals surface area (Å²) in [6.07, 6.45) is 0.241. The van der Waals surface area contributed by atoms with Gasteiger partial charge in [0.2, 0.25) is 6.79 Å². The Morgan fingerprint density at radius 1 is 0.912 bits per heavy atom. The lowest BCUT2D eigenvalue weighted by molar-refractivity contribution is 0.0831. The number of phenolic OH excluding ortho intramolecular Hbond substituents is 1. The van der Waals surface area contributed by atoms with Gasteiger partial charge in [-0.15, -0.1) is 0 Å². The zero-order valence-electron chi connectivity index (χ0n) is 19.8. The number of aliphatic hydroxyl groups is 1. The molecule has 178 valence electrons. The van der Waals surface area contributed by atoms with Crippen LogP contribution < -0.4 is 14.2 Å². The van der Waals surface area contributed by atoms with Crippen molar-refractivity contribution < 1.29 is 24.4 Å². The van der Waals surface area contributed by atoms with Crippen LogP contribution in [0.4, 0.5) is 0 Å². The first-order valence-electron chi connectivity index (χ1n) is 11.4. The van der Waals surface area contributed by atoms with Gasteiger partial charge < -0.3 is 29.3 Å². The molecule has 6 heteroatoms. The highest BCUT2D eigenvalue weighted by molar-refractivity contribution is 5.99. The molecule has 1 heterocycles. The zero-order chi connectivity index (χ0) is 24.1. The molecule has 1 atom stereocenters. The average molecular weight is 462 g/mol. The molecular weight excluding hydrogens is 430 g/mol. The Bertz CT molecular complexity index is 1140. The topological polar surface area (TPSA) is 71.4 Å². The van der Waals surface area contributed by atoms with Crippen molar-refractivity contribution in [2.75, 3.05) is 34.0 Å². The van der Waals surface area contributed by atoms with E-state index in [1.807, 2.05) is 67.5 Å². The number of allylic oxidation sites excluding steroid dienone is 1. The summed E-state index contributed by atoms with van der Waals surface area (Å²) in [6, 6.07) is 21.2. The standard InChI is InChI=1S/C28H31NO5/c1-4-25(21-9-14-26-27(15-21)34-18-33-26)28(19-5-10-22(30)11-6-19)20-7-12-24(13-8-20)32-17-23(31)16-29(2)3/h5-15,23,30-31H,4,16-18H2,1-3H3. The maximum absolute atomic E-state index is 10.1. The second kappa shape index (κ2) is 10.6. The molecule has 3 aromatic carbocycles. The van der Waals surface area contributed by atoms with Crippen molar-refractivity contribution in [2.45, 2.75) is 19.4 Å². The van der Waals surface area contributed by atoms with Crippen LogP contribution in [-0.4, -0.2) is 55.3 Å².